The van der Waals surface area contributed by atoms with Crippen LogP contribution in [-0.4, -0.2) is 11.1 Å². The Morgan fingerprint density at radius 1 is 1.46 bits per heavy atom. The summed E-state index contributed by atoms with van der Waals surface area (Å²) < 4.78 is 0. The molecule has 2 saturated carbocycles. The highest BCUT2D eigenvalue weighted by Crippen LogP contribution is 2.73. The van der Waals surface area contributed by atoms with Crippen LogP contribution in [0.5, 0.6) is 0 Å². The predicted molar refractivity (Wildman–Crippen MR) is 50.4 cm³/mol. The molecule has 0 aliphatic heterocycles. The Labute approximate surface area is 79.3 Å². The van der Waals surface area contributed by atoms with Gasteiger partial charge in [-0.05, 0) is 30.1 Å². The molecule has 0 bridgehead atoms. The van der Waals surface area contributed by atoms with Crippen molar-refractivity contribution in [2.75, 3.05) is 0 Å². The summed E-state index contributed by atoms with van der Waals surface area (Å²) in [5.41, 5.74) is -0.383. The van der Waals surface area contributed by atoms with E-state index in [1.807, 2.05) is 0 Å². The summed E-state index contributed by atoms with van der Waals surface area (Å²) >= 11 is 0. The van der Waals surface area contributed by atoms with Gasteiger partial charge in [0.2, 0.25) is 0 Å². The zero-order valence-corrected chi connectivity index (χ0v) is 8.63. The van der Waals surface area contributed by atoms with Crippen LogP contribution in [0.1, 0.15) is 40.0 Å². The fraction of sp³-hybridized carbons (Fsp3) is 0.909. The lowest BCUT2D eigenvalue weighted by atomic mass is 9.67. The van der Waals surface area contributed by atoms with E-state index in [1.54, 1.807) is 0 Å². The average molecular weight is 182 g/mol. The first-order valence-electron chi connectivity index (χ1n) is 5.18. The molecule has 0 amide bonds. The van der Waals surface area contributed by atoms with Crippen LogP contribution >= 0.6 is 0 Å². The minimum Gasteiger partial charge on any atom is -0.481 e. The molecule has 3 unspecified atom stereocenters. The van der Waals surface area contributed by atoms with Gasteiger partial charge in [-0.3, -0.25) is 4.79 Å². The third kappa shape index (κ3) is 0.818. The van der Waals surface area contributed by atoms with Gasteiger partial charge >= 0.3 is 5.97 Å². The van der Waals surface area contributed by atoms with Crippen LogP contribution in [0.3, 0.4) is 0 Å². The summed E-state index contributed by atoms with van der Waals surface area (Å²) in [4.78, 5) is 11.3. The van der Waals surface area contributed by atoms with Crippen molar-refractivity contribution in [2.45, 2.75) is 40.0 Å². The SMILES string of the molecule is CC1C2CCCC(C)(C)C12C(=O)O. The molecule has 0 aromatic heterocycles. The van der Waals surface area contributed by atoms with Crippen LogP contribution in [0.2, 0.25) is 0 Å². The Morgan fingerprint density at radius 3 is 2.46 bits per heavy atom. The van der Waals surface area contributed by atoms with Gasteiger partial charge in [0.15, 0.2) is 0 Å². The number of rotatable bonds is 1. The molecule has 0 heterocycles. The van der Waals surface area contributed by atoms with E-state index in [0.29, 0.717) is 11.8 Å². The number of carboxylic acid groups (broad SMARTS) is 1. The first kappa shape index (κ1) is 9.04. The number of carboxylic acids is 1. The number of carbonyl (C=O) groups is 1. The molecule has 2 heteroatoms. The van der Waals surface area contributed by atoms with Crippen LogP contribution in [-0.2, 0) is 4.79 Å². The van der Waals surface area contributed by atoms with E-state index >= 15 is 0 Å². The van der Waals surface area contributed by atoms with Crippen molar-refractivity contribution in [1.82, 2.24) is 0 Å². The van der Waals surface area contributed by atoms with Crippen LogP contribution in [0.4, 0.5) is 0 Å². The molecule has 1 N–H and O–H groups in total. The standard InChI is InChI=1S/C11H18O2/c1-7-8-5-4-6-10(2,3)11(7,8)9(12)13/h7-8H,4-6H2,1-3H3,(H,12,13). The molecule has 2 aliphatic rings. The third-order valence-corrected chi connectivity index (χ3v) is 4.59. The summed E-state index contributed by atoms with van der Waals surface area (Å²) in [5, 5.41) is 9.35. The zero-order chi connectivity index (χ0) is 9.85. The van der Waals surface area contributed by atoms with E-state index in [0.717, 1.165) is 12.8 Å². The van der Waals surface area contributed by atoms with Crippen LogP contribution in [0.15, 0.2) is 0 Å². The lowest BCUT2D eigenvalue weighted by molar-refractivity contribution is -0.151. The Morgan fingerprint density at radius 2 is 2.08 bits per heavy atom. The molecule has 0 radical (unpaired) electrons. The molecular weight excluding hydrogens is 164 g/mol. The number of hydrogen-bond acceptors (Lipinski definition) is 1. The summed E-state index contributed by atoms with van der Waals surface area (Å²) in [7, 11) is 0. The Kier molecular flexibility index (Phi) is 1.59. The molecule has 0 aromatic carbocycles. The van der Waals surface area contributed by atoms with Crippen molar-refractivity contribution in [3.8, 4) is 0 Å². The smallest absolute Gasteiger partial charge is 0.310 e. The molecule has 2 rings (SSSR count). The summed E-state index contributed by atoms with van der Waals surface area (Å²) in [5.74, 6) is 0.283. The molecule has 0 aromatic rings. The van der Waals surface area contributed by atoms with Gasteiger partial charge in [-0.25, -0.2) is 0 Å². The fourth-order valence-corrected chi connectivity index (χ4v) is 3.86. The predicted octanol–water partition coefficient (Wildman–Crippen LogP) is 2.53. The largest absolute Gasteiger partial charge is 0.481 e. The second-order valence-corrected chi connectivity index (χ2v) is 5.35. The monoisotopic (exact) mass is 182 g/mol. The number of hydrogen-bond donors (Lipinski definition) is 1. The molecule has 3 atom stereocenters. The maximum absolute atomic E-state index is 11.3. The Balaban J connectivity index is 2.38. The molecule has 0 saturated heterocycles. The van der Waals surface area contributed by atoms with Crippen molar-refractivity contribution < 1.29 is 9.90 Å². The Hall–Kier alpha value is -0.530. The van der Waals surface area contributed by atoms with Crippen molar-refractivity contribution >= 4 is 5.97 Å². The maximum atomic E-state index is 11.3. The van der Waals surface area contributed by atoms with E-state index in [4.69, 9.17) is 0 Å². The van der Waals surface area contributed by atoms with Gasteiger partial charge in [-0.2, -0.15) is 0 Å². The summed E-state index contributed by atoms with van der Waals surface area (Å²) in [6, 6.07) is 0. The third-order valence-electron chi connectivity index (χ3n) is 4.59. The highest BCUT2D eigenvalue weighted by molar-refractivity contribution is 5.81. The maximum Gasteiger partial charge on any atom is 0.310 e. The van der Waals surface area contributed by atoms with E-state index in [2.05, 4.69) is 20.8 Å². The van der Waals surface area contributed by atoms with Crippen molar-refractivity contribution in [3.05, 3.63) is 0 Å². The highest BCUT2D eigenvalue weighted by Gasteiger charge is 2.74. The van der Waals surface area contributed by atoms with E-state index < -0.39 is 5.97 Å². The van der Waals surface area contributed by atoms with Crippen LogP contribution < -0.4 is 0 Å². The van der Waals surface area contributed by atoms with Gasteiger partial charge in [-0.15, -0.1) is 0 Å². The summed E-state index contributed by atoms with van der Waals surface area (Å²) in [6.07, 6.45) is 3.40. The quantitative estimate of drug-likeness (QED) is 0.676. The normalized spacial score (nSPS) is 46.7. The number of aliphatic carboxylic acids is 1. The summed E-state index contributed by atoms with van der Waals surface area (Å²) in [6.45, 7) is 6.35. The molecule has 0 spiro atoms. The molecule has 2 aliphatic carbocycles. The van der Waals surface area contributed by atoms with Crippen LogP contribution in [0.25, 0.3) is 0 Å². The average Bonchev–Trinajstić information content (AvgIpc) is 2.58. The van der Waals surface area contributed by atoms with Gasteiger partial charge in [-0.1, -0.05) is 27.2 Å². The first-order chi connectivity index (χ1) is 5.94. The molecule has 2 nitrogen and oxygen atoms in total. The van der Waals surface area contributed by atoms with Crippen molar-refractivity contribution in [2.24, 2.45) is 22.7 Å². The minimum absolute atomic E-state index is 0.00116. The molecule has 74 valence electrons. The van der Waals surface area contributed by atoms with E-state index in [-0.39, 0.29) is 10.8 Å². The van der Waals surface area contributed by atoms with Crippen LogP contribution in [0, 0.1) is 22.7 Å². The highest BCUT2D eigenvalue weighted by atomic mass is 16.4. The first-order valence-corrected chi connectivity index (χ1v) is 5.18. The lowest BCUT2D eigenvalue weighted by Crippen LogP contribution is -2.38. The molecular formula is C11H18O2. The second-order valence-electron chi connectivity index (χ2n) is 5.35. The zero-order valence-electron chi connectivity index (χ0n) is 8.63. The van der Waals surface area contributed by atoms with Gasteiger partial charge < -0.3 is 5.11 Å². The second kappa shape index (κ2) is 2.28. The Bertz CT molecular complexity index is 257. The van der Waals surface area contributed by atoms with Gasteiger partial charge in [0.25, 0.3) is 0 Å². The van der Waals surface area contributed by atoms with E-state index in [9.17, 15) is 9.90 Å². The molecule has 2 fully saturated rings. The topological polar surface area (TPSA) is 37.3 Å². The van der Waals surface area contributed by atoms with Crippen molar-refractivity contribution in [1.29, 1.82) is 0 Å². The van der Waals surface area contributed by atoms with Crippen molar-refractivity contribution in [3.63, 3.8) is 0 Å². The van der Waals surface area contributed by atoms with Gasteiger partial charge in [0, 0.05) is 0 Å². The lowest BCUT2D eigenvalue weighted by Gasteiger charge is -2.36. The molecule has 13 heavy (non-hydrogen) atoms. The van der Waals surface area contributed by atoms with E-state index in [1.165, 1.54) is 6.42 Å². The number of fused-ring (bicyclic) bond motifs is 1. The van der Waals surface area contributed by atoms with Gasteiger partial charge in [0.1, 0.15) is 0 Å². The fourth-order valence-electron chi connectivity index (χ4n) is 3.86. The minimum atomic E-state index is -0.560. The van der Waals surface area contributed by atoms with Gasteiger partial charge in [0.05, 0.1) is 5.41 Å².